The number of aliphatic hydroxyl groups excluding tert-OH is 1. The number of nitrogens with one attached hydrogen (secondary N) is 1. The molecule has 0 fully saturated rings. The summed E-state index contributed by atoms with van der Waals surface area (Å²) in [6.45, 7) is 2.09. The van der Waals surface area contributed by atoms with E-state index in [0.717, 1.165) is 23.4 Å². The predicted molar refractivity (Wildman–Crippen MR) is 73.2 cm³/mol. The van der Waals surface area contributed by atoms with Gasteiger partial charge in [-0.2, -0.15) is 11.8 Å². The number of carbonyl (C=O) groups excluding carboxylic acids is 1. The molecule has 1 amide bonds. The van der Waals surface area contributed by atoms with Gasteiger partial charge in [-0.3, -0.25) is 4.79 Å². The number of aryl methyl sites for hydroxylation is 1. The quantitative estimate of drug-likeness (QED) is 0.533. The Morgan fingerprint density at radius 3 is 3.00 bits per heavy atom. The molecule has 94 valence electrons. The number of nitrogen functional groups attached to an aromatic ring is 1. The van der Waals surface area contributed by atoms with E-state index < -0.39 is 0 Å². The van der Waals surface area contributed by atoms with Crippen molar-refractivity contribution < 1.29 is 9.90 Å². The molecule has 0 saturated heterocycles. The number of benzene rings is 1. The van der Waals surface area contributed by atoms with Crippen molar-refractivity contribution >= 4 is 29.0 Å². The molecule has 0 radical (unpaired) electrons. The molecule has 1 rings (SSSR count). The van der Waals surface area contributed by atoms with Gasteiger partial charge in [0.25, 0.3) is 0 Å². The SMILES string of the molecule is Cc1ccc(N)cc1NC(=O)CSCCCO. The van der Waals surface area contributed by atoms with Crippen LogP contribution in [0.25, 0.3) is 0 Å². The molecule has 0 unspecified atom stereocenters. The Hall–Kier alpha value is -1.20. The van der Waals surface area contributed by atoms with Gasteiger partial charge in [-0.25, -0.2) is 0 Å². The first-order valence-corrected chi connectivity index (χ1v) is 6.63. The van der Waals surface area contributed by atoms with Crippen LogP contribution in [0.15, 0.2) is 18.2 Å². The van der Waals surface area contributed by atoms with Crippen LogP contribution < -0.4 is 11.1 Å². The predicted octanol–water partition coefficient (Wildman–Crippen LogP) is 1.63. The van der Waals surface area contributed by atoms with Crippen LogP contribution in [-0.2, 0) is 4.79 Å². The van der Waals surface area contributed by atoms with E-state index in [1.807, 2.05) is 13.0 Å². The Morgan fingerprint density at radius 2 is 2.29 bits per heavy atom. The number of amides is 1. The molecule has 0 saturated carbocycles. The van der Waals surface area contributed by atoms with Gasteiger partial charge in [0.2, 0.25) is 5.91 Å². The molecule has 1 aromatic rings. The number of anilines is 2. The topological polar surface area (TPSA) is 75.3 Å². The van der Waals surface area contributed by atoms with Gasteiger partial charge in [-0.05, 0) is 36.8 Å². The Morgan fingerprint density at radius 1 is 1.53 bits per heavy atom. The first kappa shape index (κ1) is 13.9. The fraction of sp³-hybridized carbons (Fsp3) is 0.417. The summed E-state index contributed by atoms with van der Waals surface area (Å²) in [5.41, 5.74) is 8.05. The second-order valence-electron chi connectivity index (χ2n) is 3.75. The highest BCUT2D eigenvalue weighted by atomic mass is 32.2. The molecular formula is C12H18N2O2S. The average molecular weight is 254 g/mol. The second kappa shape index (κ2) is 7.19. The number of nitrogens with two attached hydrogens (primary N) is 1. The van der Waals surface area contributed by atoms with Crippen molar-refractivity contribution in [2.75, 3.05) is 29.2 Å². The van der Waals surface area contributed by atoms with Crippen LogP contribution >= 0.6 is 11.8 Å². The normalized spacial score (nSPS) is 10.2. The average Bonchev–Trinajstić information content (AvgIpc) is 2.29. The first-order chi connectivity index (χ1) is 8.13. The van der Waals surface area contributed by atoms with Crippen LogP contribution in [-0.4, -0.2) is 29.1 Å². The van der Waals surface area contributed by atoms with Gasteiger partial charge >= 0.3 is 0 Å². The number of aliphatic hydroxyl groups is 1. The molecule has 1 aromatic carbocycles. The van der Waals surface area contributed by atoms with Crippen LogP contribution in [0, 0.1) is 6.92 Å². The molecular weight excluding hydrogens is 236 g/mol. The molecule has 0 aliphatic rings. The Kier molecular flexibility index (Phi) is 5.86. The summed E-state index contributed by atoms with van der Waals surface area (Å²) in [6.07, 6.45) is 0.718. The molecule has 0 spiro atoms. The number of thioether (sulfide) groups is 1. The maximum atomic E-state index is 11.6. The summed E-state index contributed by atoms with van der Waals surface area (Å²) >= 11 is 1.51. The minimum absolute atomic E-state index is 0.0401. The number of carbonyl (C=O) groups is 1. The van der Waals surface area contributed by atoms with Gasteiger partial charge in [0, 0.05) is 18.0 Å². The van der Waals surface area contributed by atoms with Gasteiger partial charge in [-0.1, -0.05) is 6.07 Å². The van der Waals surface area contributed by atoms with Crippen molar-refractivity contribution in [2.24, 2.45) is 0 Å². The first-order valence-electron chi connectivity index (χ1n) is 5.48. The van der Waals surface area contributed by atoms with E-state index in [1.165, 1.54) is 11.8 Å². The molecule has 4 nitrogen and oxygen atoms in total. The Balaban J connectivity index is 2.42. The summed E-state index contributed by atoms with van der Waals surface area (Å²) < 4.78 is 0. The number of hydrogen-bond acceptors (Lipinski definition) is 4. The third-order valence-corrected chi connectivity index (χ3v) is 3.26. The van der Waals surface area contributed by atoms with Crippen LogP contribution in [0.4, 0.5) is 11.4 Å². The maximum absolute atomic E-state index is 11.6. The fourth-order valence-electron chi connectivity index (χ4n) is 1.29. The van der Waals surface area contributed by atoms with E-state index in [0.29, 0.717) is 11.4 Å². The van der Waals surface area contributed by atoms with Gasteiger partial charge in [0.05, 0.1) is 5.75 Å². The highest BCUT2D eigenvalue weighted by molar-refractivity contribution is 7.99. The summed E-state index contributed by atoms with van der Waals surface area (Å²) in [6, 6.07) is 5.44. The fourth-order valence-corrected chi connectivity index (χ4v) is 2.03. The van der Waals surface area contributed by atoms with E-state index in [4.69, 9.17) is 10.8 Å². The maximum Gasteiger partial charge on any atom is 0.234 e. The minimum Gasteiger partial charge on any atom is -0.399 e. The molecule has 4 N–H and O–H groups in total. The van der Waals surface area contributed by atoms with E-state index in [-0.39, 0.29) is 12.5 Å². The Bertz CT molecular complexity index is 383. The molecule has 17 heavy (non-hydrogen) atoms. The summed E-state index contributed by atoms with van der Waals surface area (Å²) in [5.74, 6) is 1.15. The van der Waals surface area contributed by atoms with Crippen LogP contribution in [0.3, 0.4) is 0 Å². The smallest absolute Gasteiger partial charge is 0.234 e. The van der Waals surface area contributed by atoms with Crippen LogP contribution in [0.2, 0.25) is 0 Å². The molecule has 0 aliphatic heterocycles. The van der Waals surface area contributed by atoms with Crippen molar-refractivity contribution in [3.05, 3.63) is 23.8 Å². The number of rotatable bonds is 6. The van der Waals surface area contributed by atoms with E-state index in [1.54, 1.807) is 12.1 Å². The zero-order chi connectivity index (χ0) is 12.7. The van der Waals surface area contributed by atoms with Crippen molar-refractivity contribution in [1.29, 1.82) is 0 Å². The van der Waals surface area contributed by atoms with Gasteiger partial charge in [0.15, 0.2) is 0 Å². The van der Waals surface area contributed by atoms with E-state index in [2.05, 4.69) is 5.32 Å². The zero-order valence-electron chi connectivity index (χ0n) is 9.90. The van der Waals surface area contributed by atoms with Crippen molar-refractivity contribution in [1.82, 2.24) is 0 Å². The number of hydrogen-bond donors (Lipinski definition) is 3. The van der Waals surface area contributed by atoms with E-state index in [9.17, 15) is 4.79 Å². The second-order valence-corrected chi connectivity index (χ2v) is 4.86. The Labute approximate surface area is 106 Å². The third-order valence-electron chi connectivity index (χ3n) is 2.22. The monoisotopic (exact) mass is 254 g/mol. The van der Waals surface area contributed by atoms with Gasteiger partial charge in [0.1, 0.15) is 0 Å². The zero-order valence-corrected chi connectivity index (χ0v) is 10.7. The van der Waals surface area contributed by atoms with Crippen molar-refractivity contribution in [3.8, 4) is 0 Å². The molecule has 0 heterocycles. The lowest BCUT2D eigenvalue weighted by molar-refractivity contribution is -0.113. The highest BCUT2D eigenvalue weighted by Crippen LogP contribution is 2.18. The summed E-state index contributed by atoms with van der Waals surface area (Å²) in [5, 5.41) is 11.4. The third kappa shape index (κ3) is 5.10. The molecule has 0 bridgehead atoms. The minimum atomic E-state index is -0.0401. The molecule has 5 heteroatoms. The lowest BCUT2D eigenvalue weighted by Crippen LogP contribution is -2.15. The van der Waals surface area contributed by atoms with E-state index >= 15 is 0 Å². The van der Waals surface area contributed by atoms with Crippen LogP contribution in [0.1, 0.15) is 12.0 Å². The summed E-state index contributed by atoms with van der Waals surface area (Å²) in [7, 11) is 0. The van der Waals surface area contributed by atoms with Crippen molar-refractivity contribution in [3.63, 3.8) is 0 Å². The summed E-state index contributed by atoms with van der Waals surface area (Å²) in [4.78, 5) is 11.6. The lowest BCUT2D eigenvalue weighted by atomic mass is 10.2. The lowest BCUT2D eigenvalue weighted by Gasteiger charge is -2.08. The highest BCUT2D eigenvalue weighted by Gasteiger charge is 2.05. The van der Waals surface area contributed by atoms with Crippen LogP contribution in [0.5, 0.6) is 0 Å². The molecule has 0 aliphatic carbocycles. The standard InChI is InChI=1S/C12H18N2O2S/c1-9-3-4-10(13)7-11(9)14-12(16)8-17-6-2-5-15/h3-4,7,15H,2,5-6,8,13H2,1H3,(H,14,16). The molecule has 0 aromatic heterocycles. The van der Waals surface area contributed by atoms with Gasteiger partial charge < -0.3 is 16.2 Å². The largest absolute Gasteiger partial charge is 0.399 e. The van der Waals surface area contributed by atoms with Gasteiger partial charge in [-0.15, -0.1) is 0 Å². The molecule has 0 atom stereocenters. The van der Waals surface area contributed by atoms with Crippen molar-refractivity contribution in [2.45, 2.75) is 13.3 Å².